The minimum absolute atomic E-state index is 0.0308. The molecule has 8 nitrogen and oxygen atoms in total. The summed E-state index contributed by atoms with van der Waals surface area (Å²) >= 11 is 5.82. The number of fused-ring (bicyclic) bond motifs is 1. The van der Waals surface area contributed by atoms with Crippen molar-refractivity contribution in [2.24, 2.45) is 5.73 Å². The van der Waals surface area contributed by atoms with Crippen LogP contribution < -0.4 is 11.4 Å². The lowest BCUT2D eigenvalue weighted by Crippen LogP contribution is -2.39. The molecule has 0 spiro atoms. The van der Waals surface area contributed by atoms with E-state index < -0.39 is 11.7 Å². The van der Waals surface area contributed by atoms with Gasteiger partial charge in [-0.25, -0.2) is 14.6 Å². The number of aromatic amines is 1. The number of aromatic nitrogens is 4. The molecule has 22 heavy (non-hydrogen) atoms. The smallest absolute Gasteiger partial charge is 0.405 e. The van der Waals surface area contributed by atoms with Crippen LogP contribution in [0.3, 0.4) is 0 Å². The van der Waals surface area contributed by atoms with Crippen molar-refractivity contribution >= 4 is 28.9 Å². The Bertz CT molecular complexity index is 776. The van der Waals surface area contributed by atoms with Crippen molar-refractivity contribution in [2.45, 2.75) is 44.2 Å². The number of carbonyl (C=O) groups excluding carboxylic acids is 1. The van der Waals surface area contributed by atoms with Gasteiger partial charge in [0, 0.05) is 6.04 Å². The normalized spacial score (nSPS) is 25.3. The molecule has 2 aromatic rings. The zero-order valence-corrected chi connectivity index (χ0v) is 12.8. The Morgan fingerprint density at radius 3 is 2.86 bits per heavy atom. The maximum Gasteiger partial charge on any atom is 0.405 e. The fourth-order valence-electron chi connectivity index (χ4n) is 3.05. The van der Waals surface area contributed by atoms with Gasteiger partial charge in [0.05, 0.1) is 6.20 Å². The van der Waals surface area contributed by atoms with Gasteiger partial charge in [0.15, 0.2) is 5.65 Å². The number of primary amides is 1. The Morgan fingerprint density at radius 1 is 1.55 bits per heavy atom. The largest absolute Gasteiger partial charge is 0.443 e. The van der Waals surface area contributed by atoms with E-state index in [9.17, 15) is 9.59 Å². The van der Waals surface area contributed by atoms with Gasteiger partial charge in [0.1, 0.15) is 11.1 Å². The fourth-order valence-corrected chi connectivity index (χ4v) is 3.18. The van der Waals surface area contributed by atoms with Crippen molar-refractivity contribution in [3.05, 3.63) is 22.0 Å². The van der Waals surface area contributed by atoms with Crippen LogP contribution in [0.4, 0.5) is 4.79 Å². The number of imidazole rings is 1. The van der Waals surface area contributed by atoms with Crippen LogP contribution in [-0.2, 0) is 4.74 Å². The zero-order valence-electron chi connectivity index (χ0n) is 12.0. The molecule has 118 valence electrons. The van der Waals surface area contributed by atoms with Crippen LogP contribution in [0, 0.1) is 0 Å². The number of nitrogens with zero attached hydrogens (tertiary/aromatic N) is 3. The maximum absolute atomic E-state index is 12.2. The Balaban J connectivity index is 1.88. The van der Waals surface area contributed by atoms with Crippen LogP contribution in [0.15, 0.2) is 11.0 Å². The number of amides is 1. The minimum atomic E-state index is -0.773. The molecule has 0 atom stereocenters. The van der Waals surface area contributed by atoms with E-state index in [2.05, 4.69) is 15.0 Å². The van der Waals surface area contributed by atoms with Gasteiger partial charge in [-0.2, -0.15) is 4.98 Å². The first-order valence-corrected chi connectivity index (χ1v) is 7.37. The number of ether oxygens (including phenoxy) is 1. The summed E-state index contributed by atoms with van der Waals surface area (Å²) in [5, 5.41) is 0.0953. The third kappa shape index (κ3) is 2.66. The molecule has 0 aliphatic heterocycles. The summed E-state index contributed by atoms with van der Waals surface area (Å²) in [6.07, 6.45) is 3.32. The SMILES string of the molecule is CC1(OC(N)=O)CCC(n2c(=O)[nH]c3cnc(Cl)nc32)CC1. The zero-order chi connectivity index (χ0) is 15.9. The number of nitrogens with one attached hydrogen (secondary N) is 1. The van der Waals surface area contributed by atoms with Crippen molar-refractivity contribution in [3.63, 3.8) is 0 Å². The van der Waals surface area contributed by atoms with E-state index in [-0.39, 0.29) is 17.0 Å². The van der Waals surface area contributed by atoms with Crippen molar-refractivity contribution in [1.82, 2.24) is 19.5 Å². The second-order valence-electron chi connectivity index (χ2n) is 5.78. The van der Waals surface area contributed by atoms with Crippen LogP contribution in [0.2, 0.25) is 5.28 Å². The summed E-state index contributed by atoms with van der Waals surface area (Å²) < 4.78 is 6.78. The summed E-state index contributed by atoms with van der Waals surface area (Å²) in [6.45, 7) is 1.85. The standard InChI is InChI=1S/C13H16ClN5O3/c1-13(22-11(15)20)4-2-7(3-5-13)19-9-8(17-12(19)21)6-16-10(14)18-9/h6-7H,2-5H2,1H3,(H2,15,20)(H,17,21). The molecule has 3 N–H and O–H groups in total. The highest BCUT2D eigenvalue weighted by molar-refractivity contribution is 6.28. The molecule has 2 heterocycles. The van der Waals surface area contributed by atoms with Gasteiger partial charge in [0.2, 0.25) is 5.28 Å². The van der Waals surface area contributed by atoms with Crippen molar-refractivity contribution in [2.75, 3.05) is 0 Å². The monoisotopic (exact) mass is 325 g/mol. The highest BCUT2D eigenvalue weighted by Gasteiger charge is 2.35. The lowest BCUT2D eigenvalue weighted by molar-refractivity contribution is -0.00650. The highest BCUT2D eigenvalue weighted by Crippen LogP contribution is 2.37. The molecule has 1 aliphatic carbocycles. The van der Waals surface area contributed by atoms with Gasteiger partial charge in [-0.05, 0) is 44.2 Å². The van der Waals surface area contributed by atoms with Gasteiger partial charge in [0.25, 0.3) is 0 Å². The predicted octanol–water partition coefficient (Wildman–Crippen LogP) is 1.74. The number of nitrogens with two attached hydrogens (primary N) is 1. The van der Waals surface area contributed by atoms with Crippen molar-refractivity contribution < 1.29 is 9.53 Å². The first kappa shape index (κ1) is 14.8. The van der Waals surface area contributed by atoms with E-state index >= 15 is 0 Å². The quantitative estimate of drug-likeness (QED) is 0.816. The number of halogens is 1. The van der Waals surface area contributed by atoms with Crippen LogP contribution >= 0.6 is 11.6 Å². The first-order chi connectivity index (χ1) is 10.4. The van der Waals surface area contributed by atoms with Gasteiger partial charge in [-0.3, -0.25) is 4.57 Å². The summed E-state index contributed by atoms with van der Waals surface area (Å²) in [7, 11) is 0. The van der Waals surface area contributed by atoms with Gasteiger partial charge in [-0.1, -0.05) is 0 Å². The molecule has 1 amide bonds. The Kier molecular flexibility index (Phi) is 3.56. The highest BCUT2D eigenvalue weighted by atomic mass is 35.5. The topological polar surface area (TPSA) is 116 Å². The first-order valence-electron chi connectivity index (χ1n) is 6.99. The molecule has 1 saturated carbocycles. The summed E-state index contributed by atoms with van der Waals surface area (Å²) in [4.78, 5) is 33.9. The molecule has 1 fully saturated rings. The Morgan fingerprint density at radius 2 is 2.23 bits per heavy atom. The molecule has 0 bridgehead atoms. The molecular formula is C13H16ClN5O3. The number of hydrogen-bond acceptors (Lipinski definition) is 5. The van der Waals surface area contributed by atoms with Crippen LogP contribution in [0.1, 0.15) is 38.6 Å². The molecule has 0 saturated heterocycles. The molecule has 2 aromatic heterocycles. The van der Waals surface area contributed by atoms with Gasteiger partial charge >= 0.3 is 11.8 Å². The second kappa shape index (κ2) is 5.28. The number of carbonyl (C=O) groups is 1. The van der Waals surface area contributed by atoms with Crippen LogP contribution in [-0.4, -0.2) is 31.2 Å². The molecular weight excluding hydrogens is 310 g/mol. The van der Waals surface area contributed by atoms with E-state index in [1.54, 1.807) is 4.57 Å². The summed E-state index contributed by atoms with van der Waals surface area (Å²) in [5.41, 5.74) is 5.33. The van der Waals surface area contributed by atoms with E-state index in [4.69, 9.17) is 22.1 Å². The van der Waals surface area contributed by atoms with Crippen molar-refractivity contribution in [1.29, 1.82) is 0 Å². The van der Waals surface area contributed by atoms with Crippen molar-refractivity contribution in [3.8, 4) is 0 Å². The van der Waals surface area contributed by atoms with Crippen LogP contribution in [0.25, 0.3) is 11.2 Å². The van der Waals surface area contributed by atoms with E-state index in [0.717, 1.165) is 0 Å². The Labute approximate surface area is 130 Å². The third-order valence-corrected chi connectivity index (χ3v) is 4.33. The van der Waals surface area contributed by atoms with E-state index in [1.807, 2.05) is 6.92 Å². The van der Waals surface area contributed by atoms with E-state index in [0.29, 0.717) is 36.8 Å². The summed E-state index contributed by atoms with van der Waals surface area (Å²) in [6, 6.07) is -0.0308. The lowest BCUT2D eigenvalue weighted by Gasteiger charge is -2.36. The predicted molar refractivity (Wildman–Crippen MR) is 79.7 cm³/mol. The average Bonchev–Trinajstić information content (AvgIpc) is 2.74. The molecule has 0 aromatic carbocycles. The van der Waals surface area contributed by atoms with Gasteiger partial charge in [-0.15, -0.1) is 0 Å². The molecule has 9 heteroatoms. The number of rotatable bonds is 2. The average molecular weight is 326 g/mol. The summed E-state index contributed by atoms with van der Waals surface area (Å²) in [5.74, 6) is 0. The third-order valence-electron chi connectivity index (χ3n) is 4.15. The van der Waals surface area contributed by atoms with Gasteiger partial charge < -0.3 is 15.5 Å². The van der Waals surface area contributed by atoms with Crippen LogP contribution in [0.5, 0.6) is 0 Å². The Hall–Kier alpha value is -2.09. The molecule has 0 unspecified atom stereocenters. The minimum Gasteiger partial charge on any atom is -0.443 e. The molecule has 3 rings (SSSR count). The number of H-pyrrole nitrogens is 1. The lowest BCUT2D eigenvalue weighted by atomic mass is 9.83. The van der Waals surface area contributed by atoms with E-state index in [1.165, 1.54) is 6.20 Å². The molecule has 0 radical (unpaired) electrons. The fraction of sp³-hybridized carbons (Fsp3) is 0.538. The molecule has 1 aliphatic rings. The number of hydrogen-bond donors (Lipinski definition) is 2. The maximum atomic E-state index is 12.2. The second-order valence-corrected chi connectivity index (χ2v) is 6.12.